The molecule has 0 unspecified atom stereocenters. The van der Waals surface area contributed by atoms with Gasteiger partial charge in [0.2, 0.25) is 5.95 Å². The number of hydrogen-bond donors (Lipinski definition) is 1. The van der Waals surface area contributed by atoms with Gasteiger partial charge in [-0.3, -0.25) is 14.0 Å². The summed E-state index contributed by atoms with van der Waals surface area (Å²) in [5.74, 6) is -0.193. The number of carboxylic acids is 1. The Morgan fingerprint density at radius 3 is 2.75 bits per heavy atom. The molecule has 0 saturated heterocycles. The molecule has 0 fully saturated rings. The van der Waals surface area contributed by atoms with E-state index in [-0.39, 0.29) is 12.5 Å². The quantitative estimate of drug-likeness (QED) is 0.770. The summed E-state index contributed by atoms with van der Waals surface area (Å²) < 4.78 is 3.12. The van der Waals surface area contributed by atoms with Crippen molar-refractivity contribution in [2.24, 2.45) is 0 Å². The minimum Gasteiger partial charge on any atom is -0.480 e. The van der Waals surface area contributed by atoms with E-state index in [0.29, 0.717) is 5.95 Å². The molecule has 0 aliphatic heterocycles. The Balaban J connectivity index is 2.13. The summed E-state index contributed by atoms with van der Waals surface area (Å²) in [6, 6.07) is 0. The number of rotatable bonds is 5. The van der Waals surface area contributed by atoms with Gasteiger partial charge in [-0.2, -0.15) is 5.10 Å². The molecular formula is C16H18N6O2. The van der Waals surface area contributed by atoms with Crippen LogP contribution in [0.1, 0.15) is 31.0 Å². The Hall–Kier alpha value is -3.03. The summed E-state index contributed by atoms with van der Waals surface area (Å²) in [6.07, 6.45) is 8.41. The molecule has 3 aromatic heterocycles. The SMILES string of the molecule is Cc1nc(-n2ccnc2)nc(-c2cnn(CC(=O)O)c2)c1C(C)C. The highest BCUT2D eigenvalue weighted by atomic mass is 16.4. The molecule has 8 nitrogen and oxygen atoms in total. The van der Waals surface area contributed by atoms with E-state index in [4.69, 9.17) is 5.11 Å². The molecule has 0 aromatic carbocycles. The van der Waals surface area contributed by atoms with E-state index in [1.807, 2.05) is 6.92 Å². The topological polar surface area (TPSA) is 98.7 Å². The lowest BCUT2D eigenvalue weighted by atomic mass is 9.97. The highest BCUT2D eigenvalue weighted by molar-refractivity contribution is 5.67. The monoisotopic (exact) mass is 326 g/mol. The number of aliphatic carboxylic acids is 1. The summed E-state index contributed by atoms with van der Waals surface area (Å²) in [7, 11) is 0. The number of aromatic nitrogens is 6. The average Bonchev–Trinajstić information content (AvgIpc) is 3.16. The molecule has 0 amide bonds. The third-order valence-corrected chi connectivity index (χ3v) is 3.64. The minimum absolute atomic E-state index is 0.185. The zero-order valence-corrected chi connectivity index (χ0v) is 13.7. The van der Waals surface area contributed by atoms with Gasteiger partial charge in [-0.1, -0.05) is 13.8 Å². The molecule has 8 heteroatoms. The van der Waals surface area contributed by atoms with Crippen LogP contribution in [0.3, 0.4) is 0 Å². The number of hydrogen-bond acceptors (Lipinski definition) is 5. The predicted octanol–water partition coefficient (Wildman–Crippen LogP) is 2.04. The third-order valence-electron chi connectivity index (χ3n) is 3.64. The molecule has 24 heavy (non-hydrogen) atoms. The first-order valence-corrected chi connectivity index (χ1v) is 7.57. The molecule has 0 bridgehead atoms. The molecule has 3 aromatic rings. The van der Waals surface area contributed by atoms with Crippen LogP contribution in [0.5, 0.6) is 0 Å². The van der Waals surface area contributed by atoms with Crippen molar-refractivity contribution in [1.82, 2.24) is 29.3 Å². The van der Waals surface area contributed by atoms with Crippen LogP contribution < -0.4 is 0 Å². The third kappa shape index (κ3) is 3.03. The predicted molar refractivity (Wildman–Crippen MR) is 86.8 cm³/mol. The Labute approximate surface area is 138 Å². The molecule has 124 valence electrons. The van der Waals surface area contributed by atoms with Crippen molar-refractivity contribution in [2.45, 2.75) is 33.2 Å². The second-order valence-corrected chi connectivity index (χ2v) is 5.82. The van der Waals surface area contributed by atoms with Crippen LogP contribution in [0.15, 0.2) is 31.1 Å². The molecule has 3 heterocycles. The fourth-order valence-electron chi connectivity index (χ4n) is 2.68. The molecular weight excluding hydrogens is 308 g/mol. The highest BCUT2D eigenvalue weighted by Crippen LogP contribution is 2.30. The lowest BCUT2D eigenvalue weighted by Gasteiger charge is -2.15. The lowest BCUT2D eigenvalue weighted by molar-refractivity contribution is -0.137. The fraction of sp³-hybridized carbons (Fsp3) is 0.312. The largest absolute Gasteiger partial charge is 0.480 e. The van der Waals surface area contributed by atoms with Gasteiger partial charge in [-0.25, -0.2) is 15.0 Å². The van der Waals surface area contributed by atoms with E-state index in [1.165, 1.54) is 4.68 Å². The zero-order valence-electron chi connectivity index (χ0n) is 13.7. The number of aryl methyl sites for hydroxylation is 1. The first kappa shape index (κ1) is 15.9. The van der Waals surface area contributed by atoms with E-state index >= 15 is 0 Å². The fourth-order valence-corrected chi connectivity index (χ4v) is 2.68. The maximum absolute atomic E-state index is 10.9. The zero-order chi connectivity index (χ0) is 17.3. The van der Waals surface area contributed by atoms with Crippen molar-refractivity contribution >= 4 is 5.97 Å². The van der Waals surface area contributed by atoms with Gasteiger partial charge >= 0.3 is 5.97 Å². The number of carbonyl (C=O) groups is 1. The summed E-state index contributed by atoms with van der Waals surface area (Å²) in [6.45, 7) is 5.92. The second-order valence-electron chi connectivity index (χ2n) is 5.82. The van der Waals surface area contributed by atoms with E-state index in [0.717, 1.165) is 22.5 Å². The molecule has 1 N–H and O–H groups in total. The Morgan fingerprint density at radius 2 is 2.12 bits per heavy atom. The van der Waals surface area contributed by atoms with E-state index in [9.17, 15) is 4.79 Å². The molecule has 3 rings (SSSR count). The van der Waals surface area contributed by atoms with Crippen LogP contribution in [-0.4, -0.2) is 40.4 Å². The molecule has 0 aliphatic rings. The number of imidazole rings is 1. The van der Waals surface area contributed by atoms with Gasteiger partial charge in [-0.05, 0) is 12.8 Å². The Kier molecular flexibility index (Phi) is 4.11. The van der Waals surface area contributed by atoms with Gasteiger partial charge in [0.05, 0.1) is 11.9 Å². The Morgan fingerprint density at radius 1 is 1.33 bits per heavy atom. The Bertz CT molecular complexity index is 867. The minimum atomic E-state index is -0.938. The van der Waals surface area contributed by atoms with Gasteiger partial charge in [0, 0.05) is 35.4 Å². The van der Waals surface area contributed by atoms with E-state index < -0.39 is 5.97 Å². The summed E-state index contributed by atoms with van der Waals surface area (Å²) >= 11 is 0. The lowest BCUT2D eigenvalue weighted by Crippen LogP contribution is -2.09. The van der Waals surface area contributed by atoms with Crippen molar-refractivity contribution in [1.29, 1.82) is 0 Å². The second kappa shape index (κ2) is 6.23. The number of carboxylic acid groups (broad SMARTS) is 1. The molecule has 0 saturated carbocycles. The van der Waals surface area contributed by atoms with Gasteiger partial charge in [-0.15, -0.1) is 0 Å². The first-order valence-electron chi connectivity index (χ1n) is 7.57. The molecule has 0 spiro atoms. The smallest absolute Gasteiger partial charge is 0.325 e. The van der Waals surface area contributed by atoms with Crippen molar-refractivity contribution in [3.8, 4) is 17.2 Å². The van der Waals surface area contributed by atoms with Gasteiger partial charge < -0.3 is 5.11 Å². The van der Waals surface area contributed by atoms with Crippen molar-refractivity contribution in [3.05, 3.63) is 42.4 Å². The van der Waals surface area contributed by atoms with Gasteiger partial charge in [0.1, 0.15) is 12.9 Å². The summed E-state index contributed by atoms with van der Waals surface area (Å²) in [5, 5.41) is 13.0. The van der Waals surface area contributed by atoms with Crippen LogP contribution in [0.25, 0.3) is 17.2 Å². The maximum atomic E-state index is 10.9. The molecule has 0 radical (unpaired) electrons. The van der Waals surface area contributed by atoms with Crippen LogP contribution >= 0.6 is 0 Å². The number of nitrogens with zero attached hydrogens (tertiary/aromatic N) is 6. The van der Waals surface area contributed by atoms with Crippen molar-refractivity contribution < 1.29 is 9.90 Å². The highest BCUT2D eigenvalue weighted by Gasteiger charge is 2.18. The first-order chi connectivity index (χ1) is 11.5. The standard InChI is InChI=1S/C16H18N6O2/c1-10(2)14-11(3)19-16(21-5-4-17-9-21)20-15(14)12-6-18-22(7-12)8-13(23)24/h4-7,9-10H,8H2,1-3H3,(H,23,24). The maximum Gasteiger partial charge on any atom is 0.325 e. The van der Waals surface area contributed by atoms with Crippen molar-refractivity contribution in [2.75, 3.05) is 0 Å². The van der Waals surface area contributed by atoms with Crippen molar-refractivity contribution in [3.63, 3.8) is 0 Å². The van der Waals surface area contributed by atoms with E-state index in [2.05, 4.69) is 33.9 Å². The van der Waals surface area contributed by atoms with Gasteiger partial charge in [0.25, 0.3) is 0 Å². The van der Waals surface area contributed by atoms with Crippen LogP contribution in [-0.2, 0) is 11.3 Å². The van der Waals surface area contributed by atoms with Gasteiger partial charge in [0.15, 0.2) is 0 Å². The summed E-state index contributed by atoms with van der Waals surface area (Å²) in [4.78, 5) is 24.1. The van der Waals surface area contributed by atoms with E-state index in [1.54, 1.807) is 35.7 Å². The van der Waals surface area contributed by atoms with Crippen LogP contribution in [0, 0.1) is 6.92 Å². The average molecular weight is 326 g/mol. The summed E-state index contributed by atoms with van der Waals surface area (Å²) in [5.41, 5.74) is 3.43. The molecule has 0 atom stereocenters. The van der Waals surface area contributed by atoms with Crippen LogP contribution in [0.2, 0.25) is 0 Å². The molecule has 0 aliphatic carbocycles. The van der Waals surface area contributed by atoms with Crippen LogP contribution in [0.4, 0.5) is 0 Å². The normalized spacial score (nSPS) is 11.2.